The highest BCUT2D eigenvalue weighted by atomic mass is 16.2. The number of carbonyl (C=O) groups excluding carboxylic acids is 1. The van der Waals surface area contributed by atoms with Crippen LogP contribution in [-0.2, 0) is 0 Å². The molecule has 0 bridgehead atoms. The molecule has 5 N–H and O–H groups in total. The van der Waals surface area contributed by atoms with Crippen molar-refractivity contribution in [3.8, 4) is 0 Å². The Labute approximate surface area is 65.6 Å². The Bertz CT molecular complexity index is 404. The van der Waals surface area contributed by atoms with Crippen molar-refractivity contribution in [1.29, 1.82) is 0 Å². The maximum absolute atomic E-state index is 10.8. The molecule has 0 atom stereocenters. The van der Waals surface area contributed by atoms with Gasteiger partial charge < -0.3 is 4.98 Å². The van der Waals surface area contributed by atoms with E-state index in [4.69, 9.17) is 5.84 Å². The van der Waals surface area contributed by atoms with Crippen LogP contribution in [-0.4, -0.2) is 15.9 Å². The van der Waals surface area contributed by atoms with E-state index in [9.17, 15) is 14.4 Å². The third-order valence-electron chi connectivity index (χ3n) is 1.20. The fourth-order valence-electron chi connectivity index (χ4n) is 0.656. The average Bonchev–Trinajstić information content (AvgIpc) is 2.03. The molecule has 0 saturated heterocycles. The van der Waals surface area contributed by atoms with Gasteiger partial charge in [-0.25, -0.2) is 10.6 Å². The third-order valence-corrected chi connectivity index (χ3v) is 1.20. The van der Waals surface area contributed by atoms with Crippen LogP contribution in [0, 0.1) is 0 Å². The van der Waals surface area contributed by atoms with Gasteiger partial charge in [0.15, 0.2) is 0 Å². The largest absolute Gasteiger partial charge is 0.325 e. The summed E-state index contributed by atoms with van der Waals surface area (Å²) in [5.74, 6) is 4.01. The number of amides is 1. The van der Waals surface area contributed by atoms with Crippen molar-refractivity contribution >= 4 is 5.91 Å². The summed E-state index contributed by atoms with van der Waals surface area (Å²) in [5.41, 5.74) is 0.0730. The number of nitrogens with two attached hydrogens (primary N) is 1. The molecule has 0 aliphatic heterocycles. The minimum absolute atomic E-state index is 0.239. The van der Waals surface area contributed by atoms with Crippen molar-refractivity contribution < 1.29 is 4.79 Å². The van der Waals surface area contributed by atoms with Gasteiger partial charge in [0.1, 0.15) is 5.56 Å². The third kappa shape index (κ3) is 1.40. The fourth-order valence-corrected chi connectivity index (χ4v) is 0.656. The number of aromatic amines is 2. The molecule has 12 heavy (non-hydrogen) atoms. The normalized spacial score (nSPS) is 9.42. The number of hydrazine groups is 1. The first-order chi connectivity index (χ1) is 5.65. The zero-order valence-corrected chi connectivity index (χ0v) is 5.88. The first-order valence-corrected chi connectivity index (χ1v) is 2.98. The SMILES string of the molecule is NNC(=O)c1c[nH]c(=O)[nH]c1=O. The molecular weight excluding hydrogens is 164 g/mol. The lowest BCUT2D eigenvalue weighted by Crippen LogP contribution is -2.36. The van der Waals surface area contributed by atoms with Gasteiger partial charge >= 0.3 is 5.69 Å². The molecule has 0 spiro atoms. The smallest absolute Gasteiger partial charge is 0.313 e. The Balaban J connectivity index is 3.28. The first kappa shape index (κ1) is 8.21. The van der Waals surface area contributed by atoms with Gasteiger partial charge in [-0.15, -0.1) is 0 Å². The number of nitrogen functional groups attached to an aromatic ring is 1. The Morgan fingerprint density at radius 3 is 2.67 bits per heavy atom. The lowest BCUT2D eigenvalue weighted by molar-refractivity contribution is 0.0951. The monoisotopic (exact) mass is 170 g/mol. The molecule has 1 rings (SSSR count). The van der Waals surface area contributed by atoms with E-state index in [1.807, 2.05) is 4.98 Å². The Hall–Kier alpha value is -1.89. The lowest BCUT2D eigenvalue weighted by atomic mass is 10.3. The molecule has 1 heterocycles. The first-order valence-electron chi connectivity index (χ1n) is 2.98. The van der Waals surface area contributed by atoms with Crippen LogP contribution in [0.15, 0.2) is 15.8 Å². The van der Waals surface area contributed by atoms with Gasteiger partial charge in [0.2, 0.25) is 0 Å². The van der Waals surface area contributed by atoms with Crippen molar-refractivity contribution in [1.82, 2.24) is 15.4 Å². The zero-order chi connectivity index (χ0) is 9.14. The molecule has 0 unspecified atom stereocenters. The van der Waals surface area contributed by atoms with Gasteiger partial charge in [-0.1, -0.05) is 0 Å². The molecule has 7 nitrogen and oxygen atoms in total. The number of aromatic nitrogens is 2. The van der Waals surface area contributed by atoms with Crippen LogP contribution in [0.1, 0.15) is 10.4 Å². The van der Waals surface area contributed by atoms with Crippen molar-refractivity contribution in [2.45, 2.75) is 0 Å². The van der Waals surface area contributed by atoms with Crippen LogP contribution in [0.4, 0.5) is 0 Å². The van der Waals surface area contributed by atoms with Crippen LogP contribution in [0.5, 0.6) is 0 Å². The second-order valence-electron chi connectivity index (χ2n) is 1.96. The number of rotatable bonds is 1. The highest BCUT2D eigenvalue weighted by Gasteiger charge is 2.07. The van der Waals surface area contributed by atoms with E-state index in [1.165, 1.54) is 0 Å². The van der Waals surface area contributed by atoms with E-state index in [0.717, 1.165) is 6.20 Å². The van der Waals surface area contributed by atoms with Gasteiger partial charge in [-0.2, -0.15) is 0 Å². The van der Waals surface area contributed by atoms with Crippen molar-refractivity contribution in [3.63, 3.8) is 0 Å². The number of hydrogen-bond acceptors (Lipinski definition) is 4. The van der Waals surface area contributed by atoms with Crippen LogP contribution in [0.25, 0.3) is 0 Å². The van der Waals surface area contributed by atoms with Crippen LogP contribution < -0.4 is 22.5 Å². The van der Waals surface area contributed by atoms with Gasteiger partial charge in [-0.05, 0) is 0 Å². The molecule has 1 aromatic rings. The molecule has 0 aliphatic carbocycles. The summed E-state index contributed by atoms with van der Waals surface area (Å²) >= 11 is 0. The van der Waals surface area contributed by atoms with Gasteiger partial charge in [0, 0.05) is 6.20 Å². The van der Waals surface area contributed by atoms with Crippen molar-refractivity contribution in [2.75, 3.05) is 0 Å². The van der Waals surface area contributed by atoms with E-state index < -0.39 is 17.2 Å². The Morgan fingerprint density at radius 1 is 1.50 bits per heavy atom. The Kier molecular flexibility index (Phi) is 2.06. The number of nitrogens with one attached hydrogen (secondary N) is 3. The van der Waals surface area contributed by atoms with E-state index in [1.54, 1.807) is 5.43 Å². The van der Waals surface area contributed by atoms with E-state index in [-0.39, 0.29) is 5.56 Å². The quantitative estimate of drug-likeness (QED) is 0.214. The summed E-state index contributed by atoms with van der Waals surface area (Å²) in [6.07, 6.45) is 0.989. The molecule has 0 saturated carbocycles. The predicted molar refractivity (Wildman–Crippen MR) is 39.3 cm³/mol. The highest BCUT2D eigenvalue weighted by molar-refractivity contribution is 5.92. The van der Waals surface area contributed by atoms with Crippen molar-refractivity contribution in [2.24, 2.45) is 5.84 Å². The maximum Gasteiger partial charge on any atom is 0.325 e. The van der Waals surface area contributed by atoms with Crippen molar-refractivity contribution in [3.05, 3.63) is 32.6 Å². The minimum Gasteiger partial charge on any atom is -0.313 e. The Morgan fingerprint density at radius 2 is 2.17 bits per heavy atom. The number of hydrogen-bond donors (Lipinski definition) is 4. The summed E-state index contributed by atoms with van der Waals surface area (Å²) in [6, 6.07) is 0. The second-order valence-corrected chi connectivity index (χ2v) is 1.96. The molecule has 0 radical (unpaired) electrons. The maximum atomic E-state index is 10.8. The molecule has 0 aliphatic rings. The lowest BCUT2D eigenvalue weighted by Gasteiger charge is -1.95. The highest BCUT2D eigenvalue weighted by Crippen LogP contribution is 1.80. The second kappa shape index (κ2) is 3.01. The van der Waals surface area contributed by atoms with Crippen LogP contribution in [0.3, 0.4) is 0 Å². The summed E-state index contributed by atoms with van der Waals surface area (Å²) in [5, 5.41) is 0. The molecule has 0 aromatic carbocycles. The molecule has 7 heteroatoms. The minimum atomic E-state index is -0.776. The molecule has 1 aromatic heterocycles. The molecular formula is C5H6N4O3. The van der Waals surface area contributed by atoms with Gasteiger partial charge in [0.25, 0.3) is 11.5 Å². The van der Waals surface area contributed by atoms with Gasteiger partial charge in [-0.3, -0.25) is 20.0 Å². The zero-order valence-electron chi connectivity index (χ0n) is 5.88. The van der Waals surface area contributed by atoms with Gasteiger partial charge in [0.05, 0.1) is 0 Å². The van der Waals surface area contributed by atoms with E-state index in [0.29, 0.717) is 0 Å². The summed E-state index contributed by atoms with van der Waals surface area (Å²) < 4.78 is 0. The standard InChI is InChI=1S/C5H6N4O3/c6-9-4(11)2-1-7-5(12)8-3(2)10/h1H,6H2,(H,9,11)(H2,7,8,10,12). The molecule has 1 amide bonds. The van der Waals surface area contributed by atoms with E-state index >= 15 is 0 Å². The summed E-state index contributed by atoms with van der Waals surface area (Å²) in [4.78, 5) is 36.1. The predicted octanol–water partition coefficient (Wildman–Crippen LogP) is -2.33. The van der Waals surface area contributed by atoms with Crippen LogP contribution >= 0.6 is 0 Å². The summed E-state index contributed by atoms with van der Waals surface area (Å²) in [6.45, 7) is 0. The molecule has 64 valence electrons. The van der Waals surface area contributed by atoms with Crippen LogP contribution in [0.2, 0.25) is 0 Å². The fraction of sp³-hybridized carbons (Fsp3) is 0. The average molecular weight is 170 g/mol. The topological polar surface area (TPSA) is 121 Å². The number of H-pyrrole nitrogens is 2. The van der Waals surface area contributed by atoms with E-state index in [2.05, 4.69) is 4.98 Å². The number of carbonyl (C=O) groups is 1. The summed E-state index contributed by atoms with van der Waals surface area (Å²) in [7, 11) is 0. The molecule has 0 fully saturated rings.